The molecular weight excluding hydrogens is 522 g/mol. The van der Waals surface area contributed by atoms with Crippen molar-refractivity contribution in [1.29, 1.82) is 0 Å². The van der Waals surface area contributed by atoms with Crippen LogP contribution in [-0.2, 0) is 5.54 Å². The van der Waals surface area contributed by atoms with Crippen molar-refractivity contribution in [3.05, 3.63) is 168 Å². The summed E-state index contributed by atoms with van der Waals surface area (Å²) in [5.41, 5.74) is 4.73. The normalized spacial score (nSPS) is 11.5. The molecule has 0 amide bonds. The van der Waals surface area contributed by atoms with Crippen LogP contribution >= 0.6 is 0 Å². The first-order valence-electron chi connectivity index (χ1n) is 13.6. The van der Waals surface area contributed by atoms with E-state index >= 15 is 0 Å². The van der Waals surface area contributed by atoms with E-state index in [1.807, 2.05) is 102 Å². The van der Waals surface area contributed by atoms with Crippen molar-refractivity contribution in [1.82, 2.24) is 24.8 Å². The standard InChI is InChI=1S/C35H25N5O2/c41-34(42)29-20-12-22-31-28(29)23-24-39(31)32-21-11-10-19-30(32)33-36-38-40(37-33)35(25-13-4-1-5-14-25,26-15-6-2-7-16-26)27-17-8-3-9-18-27/h1-24H,(H,41,42). The quantitative estimate of drug-likeness (QED) is 0.221. The summed E-state index contributed by atoms with van der Waals surface area (Å²) in [6.07, 6.45) is 1.88. The molecule has 7 nitrogen and oxygen atoms in total. The van der Waals surface area contributed by atoms with E-state index in [-0.39, 0.29) is 5.56 Å². The number of para-hydroxylation sites is 1. The van der Waals surface area contributed by atoms with E-state index in [0.717, 1.165) is 33.5 Å². The lowest BCUT2D eigenvalue weighted by atomic mass is 9.77. The van der Waals surface area contributed by atoms with Gasteiger partial charge in [0.05, 0.1) is 16.8 Å². The maximum atomic E-state index is 11.9. The summed E-state index contributed by atoms with van der Waals surface area (Å²) in [5, 5.41) is 24.7. The van der Waals surface area contributed by atoms with E-state index < -0.39 is 11.5 Å². The average Bonchev–Trinajstić information content (AvgIpc) is 3.71. The van der Waals surface area contributed by atoms with Gasteiger partial charge in [0, 0.05) is 17.1 Å². The number of fused-ring (bicyclic) bond motifs is 1. The Hall–Kier alpha value is -5.82. The molecule has 0 fully saturated rings. The third kappa shape index (κ3) is 3.98. The lowest BCUT2D eigenvalue weighted by Crippen LogP contribution is -2.39. The molecule has 0 aliphatic heterocycles. The van der Waals surface area contributed by atoms with Crippen molar-refractivity contribution in [2.24, 2.45) is 0 Å². The number of aromatic nitrogens is 5. The Bertz CT molecular complexity index is 1920. The molecule has 0 atom stereocenters. The second kappa shape index (κ2) is 10.3. The van der Waals surface area contributed by atoms with Gasteiger partial charge in [0.2, 0.25) is 5.82 Å². The molecule has 0 unspecified atom stereocenters. The topological polar surface area (TPSA) is 85.8 Å². The minimum atomic E-state index is -0.963. The number of rotatable bonds is 7. The van der Waals surface area contributed by atoms with Crippen LogP contribution in [-0.4, -0.2) is 35.9 Å². The number of nitrogens with zero attached hydrogens (tertiary/aromatic N) is 5. The Balaban J connectivity index is 1.45. The van der Waals surface area contributed by atoms with Gasteiger partial charge in [0.15, 0.2) is 5.54 Å². The number of aromatic carboxylic acids is 1. The van der Waals surface area contributed by atoms with E-state index in [4.69, 9.17) is 5.10 Å². The fourth-order valence-corrected chi connectivity index (χ4v) is 5.79. The van der Waals surface area contributed by atoms with Gasteiger partial charge in [-0.05, 0) is 52.2 Å². The van der Waals surface area contributed by atoms with Gasteiger partial charge < -0.3 is 9.67 Å². The van der Waals surface area contributed by atoms with E-state index in [1.54, 1.807) is 16.9 Å². The summed E-state index contributed by atoms with van der Waals surface area (Å²) in [7, 11) is 0. The number of carboxylic acid groups (broad SMARTS) is 1. The Morgan fingerprint density at radius 1 is 0.643 bits per heavy atom. The molecule has 0 bridgehead atoms. The highest BCUT2D eigenvalue weighted by Crippen LogP contribution is 2.40. The van der Waals surface area contributed by atoms with Gasteiger partial charge in [-0.2, -0.15) is 0 Å². The zero-order valence-electron chi connectivity index (χ0n) is 22.4. The molecule has 7 aromatic rings. The van der Waals surface area contributed by atoms with E-state index in [1.165, 1.54) is 0 Å². The van der Waals surface area contributed by atoms with Gasteiger partial charge in [-0.1, -0.05) is 109 Å². The van der Waals surface area contributed by atoms with Crippen LogP contribution in [0.3, 0.4) is 0 Å². The highest BCUT2D eigenvalue weighted by Gasteiger charge is 2.41. The fraction of sp³-hybridized carbons (Fsp3) is 0.0286. The number of hydrogen-bond donors (Lipinski definition) is 1. The van der Waals surface area contributed by atoms with Crippen LogP contribution in [0.25, 0.3) is 28.0 Å². The minimum absolute atomic E-state index is 0.256. The molecule has 0 aliphatic carbocycles. The molecule has 2 heterocycles. The molecule has 0 aliphatic rings. The number of hydrogen-bond acceptors (Lipinski definition) is 4. The highest BCUT2D eigenvalue weighted by atomic mass is 16.4. The highest BCUT2D eigenvalue weighted by molar-refractivity contribution is 6.03. The maximum Gasteiger partial charge on any atom is 0.336 e. The molecule has 5 aromatic carbocycles. The summed E-state index contributed by atoms with van der Waals surface area (Å²) >= 11 is 0. The first-order chi connectivity index (χ1) is 20.7. The molecule has 2 aromatic heterocycles. The fourth-order valence-electron chi connectivity index (χ4n) is 5.79. The second-order valence-electron chi connectivity index (χ2n) is 9.96. The minimum Gasteiger partial charge on any atom is -0.478 e. The van der Waals surface area contributed by atoms with E-state index in [0.29, 0.717) is 11.2 Å². The van der Waals surface area contributed by atoms with Gasteiger partial charge in [-0.3, -0.25) is 0 Å². The Morgan fingerprint density at radius 2 is 1.21 bits per heavy atom. The number of carbonyl (C=O) groups is 1. The zero-order valence-corrected chi connectivity index (χ0v) is 22.4. The summed E-state index contributed by atoms with van der Waals surface area (Å²) in [4.78, 5) is 13.6. The monoisotopic (exact) mass is 547 g/mol. The number of tetrazole rings is 1. The molecule has 0 radical (unpaired) electrons. The van der Waals surface area contributed by atoms with Gasteiger partial charge in [0.25, 0.3) is 0 Å². The predicted molar refractivity (Wildman–Crippen MR) is 162 cm³/mol. The Kier molecular flexibility index (Phi) is 6.17. The third-order valence-corrected chi connectivity index (χ3v) is 7.66. The van der Waals surface area contributed by atoms with Crippen LogP contribution < -0.4 is 0 Å². The van der Waals surface area contributed by atoms with Crippen LogP contribution in [0.1, 0.15) is 27.0 Å². The summed E-state index contributed by atoms with van der Waals surface area (Å²) in [6, 6.07) is 45.5. The number of carboxylic acids is 1. The molecule has 1 N–H and O–H groups in total. The number of benzene rings is 5. The molecule has 7 rings (SSSR count). The molecule has 7 heteroatoms. The SMILES string of the molecule is O=C(O)c1cccc2c1ccn2-c1ccccc1-c1nnn(C(c2ccccc2)(c2ccccc2)c2ccccc2)n1. The van der Waals surface area contributed by atoms with Gasteiger partial charge in [0.1, 0.15) is 0 Å². The smallest absolute Gasteiger partial charge is 0.336 e. The van der Waals surface area contributed by atoms with Gasteiger partial charge in [-0.15, -0.1) is 15.0 Å². The second-order valence-corrected chi connectivity index (χ2v) is 9.96. The van der Waals surface area contributed by atoms with E-state index in [9.17, 15) is 9.90 Å². The third-order valence-electron chi connectivity index (χ3n) is 7.66. The lowest BCUT2D eigenvalue weighted by molar-refractivity contribution is 0.0699. The largest absolute Gasteiger partial charge is 0.478 e. The van der Waals surface area contributed by atoms with Crippen molar-refractivity contribution < 1.29 is 9.90 Å². The van der Waals surface area contributed by atoms with Gasteiger partial charge in [-0.25, -0.2) is 4.79 Å². The van der Waals surface area contributed by atoms with Crippen LogP contribution in [0.5, 0.6) is 0 Å². The zero-order chi connectivity index (χ0) is 28.5. The summed E-state index contributed by atoms with van der Waals surface area (Å²) in [5.74, 6) is -0.510. The summed E-state index contributed by atoms with van der Waals surface area (Å²) in [6.45, 7) is 0. The van der Waals surface area contributed by atoms with E-state index in [2.05, 4.69) is 46.7 Å². The first kappa shape index (κ1) is 25.2. The van der Waals surface area contributed by atoms with Crippen molar-refractivity contribution in [3.8, 4) is 17.1 Å². The van der Waals surface area contributed by atoms with Crippen molar-refractivity contribution in [2.75, 3.05) is 0 Å². The van der Waals surface area contributed by atoms with Crippen LogP contribution in [0.4, 0.5) is 0 Å². The van der Waals surface area contributed by atoms with Crippen molar-refractivity contribution in [2.45, 2.75) is 5.54 Å². The average molecular weight is 548 g/mol. The maximum absolute atomic E-state index is 11.9. The van der Waals surface area contributed by atoms with Gasteiger partial charge >= 0.3 is 5.97 Å². The lowest BCUT2D eigenvalue weighted by Gasteiger charge is -2.34. The molecule has 42 heavy (non-hydrogen) atoms. The molecule has 0 saturated heterocycles. The molecular formula is C35H25N5O2. The van der Waals surface area contributed by atoms with Crippen LogP contribution in [0, 0.1) is 0 Å². The summed E-state index contributed by atoms with van der Waals surface area (Å²) < 4.78 is 1.97. The Morgan fingerprint density at radius 3 is 1.81 bits per heavy atom. The Labute approximate surface area is 241 Å². The van der Waals surface area contributed by atoms with Crippen LogP contribution in [0.2, 0.25) is 0 Å². The first-order valence-corrected chi connectivity index (χ1v) is 13.6. The van der Waals surface area contributed by atoms with Crippen LogP contribution in [0.15, 0.2) is 146 Å². The molecule has 0 saturated carbocycles. The predicted octanol–water partition coefficient (Wildman–Crippen LogP) is 6.82. The molecule has 202 valence electrons. The van der Waals surface area contributed by atoms with Crippen molar-refractivity contribution >= 4 is 16.9 Å². The van der Waals surface area contributed by atoms with Crippen molar-refractivity contribution in [3.63, 3.8) is 0 Å². The molecule has 0 spiro atoms.